The van der Waals surface area contributed by atoms with Crippen molar-refractivity contribution in [3.63, 3.8) is 0 Å². The van der Waals surface area contributed by atoms with E-state index < -0.39 is 5.97 Å². The van der Waals surface area contributed by atoms with Gasteiger partial charge in [-0.1, -0.05) is 30.3 Å². The Kier molecular flexibility index (Phi) is 5.67. The third-order valence-corrected chi connectivity index (χ3v) is 3.37. The largest absolute Gasteiger partial charge is 0.482 e. The summed E-state index contributed by atoms with van der Waals surface area (Å²) in [6.45, 7) is 0.104. The minimum absolute atomic E-state index is 0.0987. The number of carbonyl (C=O) groups excluding carboxylic acids is 1. The van der Waals surface area contributed by atoms with Crippen LogP contribution in [0.4, 0.5) is 0 Å². The topological polar surface area (TPSA) is 78.9 Å². The van der Waals surface area contributed by atoms with Gasteiger partial charge in [-0.05, 0) is 23.8 Å². The van der Waals surface area contributed by atoms with E-state index in [9.17, 15) is 9.59 Å². The van der Waals surface area contributed by atoms with Crippen molar-refractivity contribution in [1.82, 2.24) is 0 Å². The van der Waals surface area contributed by atoms with Crippen molar-refractivity contribution < 1.29 is 23.1 Å². The molecule has 6 heteroatoms. The van der Waals surface area contributed by atoms with E-state index in [1.807, 2.05) is 30.3 Å². The number of esters is 1. The summed E-state index contributed by atoms with van der Waals surface area (Å²) in [5.74, 6) is 0.283. The average Bonchev–Trinajstić information content (AvgIpc) is 3.18. The van der Waals surface area contributed by atoms with Crippen LogP contribution >= 0.6 is 0 Å². The zero-order valence-electron chi connectivity index (χ0n) is 13.8. The Morgan fingerprint density at radius 1 is 1.04 bits per heavy atom. The van der Waals surface area contributed by atoms with E-state index in [0.717, 1.165) is 5.56 Å². The lowest BCUT2D eigenvalue weighted by Gasteiger charge is -2.06. The highest BCUT2D eigenvalue weighted by molar-refractivity contribution is 5.86. The summed E-state index contributed by atoms with van der Waals surface area (Å²) in [4.78, 5) is 23.7. The molecule has 0 amide bonds. The quantitative estimate of drug-likeness (QED) is 0.478. The molecule has 2 aromatic heterocycles. The average molecular weight is 352 g/mol. The minimum atomic E-state index is -0.576. The Labute approximate surface area is 149 Å². The summed E-state index contributed by atoms with van der Waals surface area (Å²) in [6, 6.07) is 14.1. The summed E-state index contributed by atoms with van der Waals surface area (Å²) < 4.78 is 20.8. The zero-order valence-corrected chi connectivity index (χ0v) is 13.8. The summed E-state index contributed by atoms with van der Waals surface area (Å²) in [7, 11) is 0. The highest BCUT2D eigenvalue weighted by atomic mass is 16.5. The van der Waals surface area contributed by atoms with Gasteiger partial charge < -0.3 is 18.3 Å². The fourth-order valence-electron chi connectivity index (χ4n) is 2.08. The molecule has 0 bridgehead atoms. The molecule has 0 spiro atoms. The number of hydrogen-bond acceptors (Lipinski definition) is 6. The number of ether oxygens (including phenoxy) is 2. The lowest BCUT2D eigenvalue weighted by molar-refractivity contribution is -0.139. The van der Waals surface area contributed by atoms with Gasteiger partial charge in [0.15, 0.2) is 0 Å². The number of benzene rings is 1. The third kappa shape index (κ3) is 4.98. The van der Waals surface area contributed by atoms with E-state index in [1.54, 1.807) is 12.1 Å². The van der Waals surface area contributed by atoms with Crippen molar-refractivity contribution in [1.29, 1.82) is 0 Å². The van der Waals surface area contributed by atoms with Gasteiger partial charge >= 0.3 is 5.97 Å². The van der Waals surface area contributed by atoms with Crippen LogP contribution in [0.3, 0.4) is 0 Å². The Morgan fingerprint density at radius 2 is 1.88 bits per heavy atom. The molecule has 3 rings (SSSR count). The van der Waals surface area contributed by atoms with E-state index in [2.05, 4.69) is 0 Å². The lowest BCUT2D eigenvalue weighted by atomic mass is 10.2. The summed E-state index contributed by atoms with van der Waals surface area (Å²) >= 11 is 0. The van der Waals surface area contributed by atoms with Gasteiger partial charge in [-0.25, -0.2) is 4.79 Å². The molecule has 0 radical (unpaired) electrons. The molecule has 0 aliphatic carbocycles. The zero-order chi connectivity index (χ0) is 18.2. The lowest BCUT2D eigenvalue weighted by Crippen LogP contribution is -2.09. The molecule has 0 saturated carbocycles. The Hall–Kier alpha value is -3.54. The van der Waals surface area contributed by atoms with Crippen molar-refractivity contribution >= 4 is 12.0 Å². The van der Waals surface area contributed by atoms with Crippen LogP contribution in [0, 0.1) is 0 Å². The SMILES string of the molecule is O=C(/C=C/c1ccco1)OCc1cc(=O)c(OCc2ccccc2)co1. The normalized spacial score (nSPS) is 10.8. The van der Waals surface area contributed by atoms with Gasteiger partial charge in [0.05, 0.1) is 6.26 Å². The first-order valence-electron chi connectivity index (χ1n) is 7.87. The minimum Gasteiger partial charge on any atom is -0.482 e. The molecule has 2 heterocycles. The van der Waals surface area contributed by atoms with Crippen LogP contribution in [0.25, 0.3) is 6.08 Å². The molecular weight excluding hydrogens is 336 g/mol. The standard InChI is InChI=1S/C20H16O6/c21-18-11-17(13-26-20(22)9-8-16-7-4-10-23-16)24-14-19(18)25-12-15-5-2-1-3-6-15/h1-11,14H,12-13H2/b9-8+. The molecule has 0 fully saturated rings. The maximum atomic E-state index is 12.0. The van der Waals surface area contributed by atoms with Gasteiger partial charge in [-0.3, -0.25) is 4.79 Å². The van der Waals surface area contributed by atoms with Gasteiger partial charge in [0.1, 0.15) is 31.0 Å². The van der Waals surface area contributed by atoms with Crippen molar-refractivity contribution in [2.24, 2.45) is 0 Å². The van der Waals surface area contributed by atoms with Crippen LogP contribution in [0.5, 0.6) is 5.75 Å². The molecule has 0 unspecified atom stereocenters. The molecule has 0 saturated heterocycles. The predicted octanol–water partition coefficient (Wildman–Crippen LogP) is 3.57. The molecule has 6 nitrogen and oxygen atoms in total. The van der Waals surface area contributed by atoms with Crippen LogP contribution in [-0.4, -0.2) is 5.97 Å². The van der Waals surface area contributed by atoms with Crippen LogP contribution in [-0.2, 0) is 22.7 Å². The van der Waals surface area contributed by atoms with E-state index >= 15 is 0 Å². The molecule has 0 atom stereocenters. The first-order valence-corrected chi connectivity index (χ1v) is 7.87. The molecule has 0 aliphatic heterocycles. The summed E-state index contributed by atoms with van der Waals surface area (Å²) in [6.07, 6.45) is 5.43. The Bertz CT molecular complexity index is 922. The summed E-state index contributed by atoms with van der Waals surface area (Å²) in [5.41, 5.74) is 0.595. The van der Waals surface area contributed by atoms with Gasteiger partial charge in [0.2, 0.25) is 11.2 Å². The maximum absolute atomic E-state index is 12.0. The number of rotatable bonds is 7. The van der Waals surface area contributed by atoms with Crippen molar-refractivity contribution in [2.45, 2.75) is 13.2 Å². The second-order valence-corrected chi connectivity index (χ2v) is 5.31. The maximum Gasteiger partial charge on any atom is 0.331 e. The van der Waals surface area contributed by atoms with Crippen LogP contribution < -0.4 is 10.2 Å². The first-order chi connectivity index (χ1) is 12.7. The van der Waals surface area contributed by atoms with Gasteiger partial charge in [0, 0.05) is 12.1 Å². The molecule has 0 N–H and O–H groups in total. The van der Waals surface area contributed by atoms with Gasteiger partial charge in [-0.15, -0.1) is 0 Å². The fourth-order valence-corrected chi connectivity index (χ4v) is 2.08. The van der Waals surface area contributed by atoms with Crippen LogP contribution in [0.1, 0.15) is 17.1 Å². The second-order valence-electron chi connectivity index (χ2n) is 5.31. The molecule has 26 heavy (non-hydrogen) atoms. The number of carbonyl (C=O) groups is 1. The van der Waals surface area contributed by atoms with Crippen molar-refractivity contribution in [3.05, 3.63) is 94.4 Å². The van der Waals surface area contributed by atoms with E-state index in [0.29, 0.717) is 5.76 Å². The predicted molar refractivity (Wildman–Crippen MR) is 93.3 cm³/mol. The van der Waals surface area contributed by atoms with E-state index in [-0.39, 0.29) is 30.2 Å². The second kappa shape index (κ2) is 8.53. The molecule has 132 valence electrons. The Morgan fingerprint density at radius 3 is 2.62 bits per heavy atom. The molecule has 1 aromatic carbocycles. The van der Waals surface area contributed by atoms with E-state index in [4.69, 9.17) is 18.3 Å². The smallest absolute Gasteiger partial charge is 0.331 e. The molecular formula is C20H16O6. The van der Waals surface area contributed by atoms with Crippen LogP contribution in [0.2, 0.25) is 0 Å². The van der Waals surface area contributed by atoms with E-state index in [1.165, 1.54) is 30.7 Å². The van der Waals surface area contributed by atoms with Gasteiger partial charge in [-0.2, -0.15) is 0 Å². The summed E-state index contributed by atoms with van der Waals surface area (Å²) in [5, 5.41) is 0. The highest BCUT2D eigenvalue weighted by Crippen LogP contribution is 2.10. The number of hydrogen-bond donors (Lipinski definition) is 0. The third-order valence-electron chi connectivity index (χ3n) is 3.37. The van der Waals surface area contributed by atoms with Gasteiger partial charge in [0.25, 0.3) is 0 Å². The fraction of sp³-hybridized carbons (Fsp3) is 0.100. The monoisotopic (exact) mass is 352 g/mol. The highest BCUT2D eigenvalue weighted by Gasteiger charge is 2.07. The van der Waals surface area contributed by atoms with Crippen molar-refractivity contribution in [2.75, 3.05) is 0 Å². The molecule has 0 aliphatic rings. The van der Waals surface area contributed by atoms with Crippen LogP contribution in [0.15, 0.2) is 80.8 Å². The van der Waals surface area contributed by atoms with Crippen molar-refractivity contribution in [3.8, 4) is 5.75 Å². The number of furan rings is 1. The Balaban J connectivity index is 1.52. The molecule has 3 aromatic rings. The first kappa shape index (κ1) is 17.3.